The number of carbonyl (C=O) groups is 1. The van der Waals surface area contributed by atoms with Gasteiger partial charge in [-0.2, -0.15) is 0 Å². The van der Waals surface area contributed by atoms with Crippen LogP contribution >= 0.6 is 0 Å². The number of hydrogen-bond donors (Lipinski definition) is 1. The summed E-state index contributed by atoms with van der Waals surface area (Å²) in [6, 6.07) is 11.5. The number of benzene rings is 1. The van der Waals surface area contributed by atoms with E-state index in [2.05, 4.69) is 15.2 Å². The first-order valence-corrected chi connectivity index (χ1v) is 9.40. The van der Waals surface area contributed by atoms with Crippen molar-refractivity contribution in [1.82, 2.24) is 15.2 Å². The van der Waals surface area contributed by atoms with Crippen LogP contribution in [0.5, 0.6) is 0 Å². The van der Waals surface area contributed by atoms with Gasteiger partial charge in [0.2, 0.25) is 0 Å². The van der Waals surface area contributed by atoms with Gasteiger partial charge in [-0.3, -0.25) is 14.7 Å². The van der Waals surface area contributed by atoms with E-state index in [1.54, 1.807) is 24.5 Å². The molecule has 0 unspecified atom stereocenters. The zero-order valence-corrected chi connectivity index (χ0v) is 14.8. The van der Waals surface area contributed by atoms with Gasteiger partial charge in [0.15, 0.2) is 0 Å². The van der Waals surface area contributed by atoms with Crippen LogP contribution in [0.2, 0.25) is 0 Å². The Kier molecular flexibility index (Phi) is 4.98. The predicted molar refractivity (Wildman–Crippen MR) is 98.1 cm³/mol. The van der Waals surface area contributed by atoms with Crippen molar-refractivity contribution in [1.29, 1.82) is 0 Å². The summed E-state index contributed by atoms with van der Waals surface area (Å²) in [6.45, 7) is 0.862. The van der Waals surface area contributed by atoms with Crippen LogP contribution in [0.3, 0.4) is 0 Å². The van der Waals surface area contributed by atoms with Crippen molar-refractivity contribution in [3.05, 3.63) is 65.7 Å². The maximum absolute atomic E-state index is 13.2. The molecule has 4 nitrogen and oxygen atoms in total. The molecule has 0 saturated carbocycles. The summed E-state index contributed by atoms with van der Waals surface area (Å²) in [5.41, 5.74) is 1.82. The van der Waals surface area contributed by atoms with Gasteiger partial charge in [0, 0.05) is 42.6 Å². The number of halogens is 1. The maximum Gasteiger partial charge on any atom is 0.251 e. The van der Waals surface area contributed by atoms with Crippen molar-refractivity contribution >= 4 is 5.91 Å². The highest BCUT2D eigenvalue weighted by atomic mass is 19.1. The van der Waals surface area contributed by atoms with E-state index in [4.69, 9.17) is 0 Å². The molecular formula is C21H24FN3O. The summed E-state index contributed by atoms with van der Waals surface area (Å²) in [5, 5.41) is 3.21. The quantitative estimate of drug-likeness (QED) is 0.914. The molecule has 0 spiro atoms. The van der Waals surface area contributed by atoms with Gasteiger partial charge in [0.25, 0.3) is 5.91 Å². The fourth-order valence-corrected chi connectivity index (χ4v) is 4.43. The Morgan fingerprint density at radius 2 is 1.73 bits per heavy atom. The second-order valence-electron chi connectivity index (χ2n) is 7.42. The van der Waals surface area contributed by atoms with Crippen LogP contribution in [-0.2, 0) is 6.54 Å². The molecule has 5 heteroatoms. The number of piperidine rings is 2. The summed E-state index contributed by atoms with van der Waals surface area (Å²) in [4.78, 5) is 19.0. The Balaban J connectivity index is 1.41. The molecule has 2 bridgehead atoms. The molecule has 0 aliphatic carbocycles. The van der Waals surface area contributed by atoms with Crippen LogP contribution in [-0.4, -0.2) is 33.9 Å². The monoisotopic (exact) mass is 353 g/mol. The van der Waals surface area contributed by atoms with E-state index in [-0.39, 0.29) is 17.8 Å². The summed E-state index contributed by atoms with van der Waals surface area (Å²) in [7, 11) is 0. The SMILES string of the molecule is O=C(NC1C[C@H]2CCC[C@H](C1)N2Cc1ccc(F)cc1)c1ccncc1. The molecule has 2 fully saturated rings. The Morgan fingerprint density at radius 1 is 1.08 bits per heavy atom. The maximum atomic E-state index is 13.2. The van der Waals surface area contributed by atoms with E-state index in [0.29, 0.717) is 17.6 Å². The molecule has 2 aliphatic heterocycles. The van der Waals surface area contributed by atoms with Crippen LogP contribution < -0.4 is 5.32 Å². The lowest BCUT2D eigenvalue weighted by atomic mass is 9.81. The van der Waals surface area contributed by atoms with E-state index in [9.17, 15) is 9.18 Å². The molecule has 0 radical (unpaired) electrons. The standard InChI is InChI=1S/C21H24FN3O/c22-17-6-4-15(5-7-17)14-25-19-2-1-3-20(25)13-18(12-19)24-21(26)16-8-10-23-11-9-16/h4-11,18-20H,1-3,12-14H2,(H,24,26)/t19-,20-/m1/s1. The summed E-state index contributed by atoms with van der Waals surface area (Å²) in [5.74, 6) is -0.200. The molecule has 1 N–H and O–H groups in total. The fraction of sp³-hybridized carbons (Fsp3) is 0.429. The van der Waals surface area contributed by atoms with E-state index in [0.717, 1.165) is 24.9 Å². The molecule has 136 valence electrons. The minimum absolute atomic E-state index is 0.0116. The first-order valence-electron chi connectivity index (χ1n) is 9.40. The number of nitrogens with zero attached hydrogens (tertiary/aromatic N) is 2. The second kappa shape index (κ2) is 7.54. The number of amides is 1. The van der Waals surface area contributed by atoms with Crippen molar-refractivity contribution in [2.24, 2.45) is 0 Å². The molecule has 2 aromatic rings. The smallest absolute Gasteiger partial charge is 0.251 e. The highest BCUT2D eigenvalue weighted by Gasteiger charge is 2.38. The topological polar surface area (TPSA) is 45.2 Å². The average Bonchev–Trinajstić information content (AvgIpc) is 2.65. The van der Waals surface area contributed by atoms with Gasteiger partial charge < -0.3 is 5.32 Å². The van der Waals surface area contributed by atoms with Gasteiger partial charge in [-0.05, 0) is 55.5 Å². The Labute approximate surface area is 153 Å². The predicted octanol–water partition coefficient (Wildman–Crippen LogP) is 3.54. The third kappa shape index (κ3) is 3.78. The summed E-state index contributed by atoms with van der Waals surface area (Å²) in [6.07, 6.45) is 8.84. The Bertz CT molecular complexity index is 736. The Hall–Kier alpha value is -2.27. The molecular weight excluding hydrogens is 329 g/mol. The third-order valence-corrected chi connectivity index (χ3v) is 5.68. The molecule has 4 rings (SSSR count). The van der Waals surface area contributed by atoms with Crippen LogP contribution in [0.25, 0.3) is 0 Å². The lowest BCUT2D eigenvalue weighted by molar-refractivity contribution is 0.0177. The van der Waals surface area contributed by atoms with E-state index in [1.807, 2.05) is 12.1 Å². The number of aromatic nitrogens is 1. The summed E-state index contributed by atoms with van der Waals surface area (Å²) < 4.78 is 13.2. The zero-order valence-electron chi connectivity index (χ0n) is 14.8. The molecule has 1 aromatic carbocycles. The lowest BCUT2D eigenvalue weighted by Gasteiger charge is -2.49. The fourth-order valence-electron chi connectivity index (χ4n) is 4.43. The Morgan fingerprint density at radius 3 is 2.38 bits per heavy atom. The van der Waals surface area contributed by atoms with Gasteiger partial charge in [0.05, 0.1) is 0 Å². The normalized spacial score (nSPS) is 25.7. The van der Waals surface area contributed by atoms with E-state index in [1.165, 1.54) is 31.4 Å². The summed E-state index contributed by atoms with van der Waals surface area (Å²) >= 11 is 0. The van der Waals surface area contributed by atoms with Crippen molar-refractivity contribution in [3.63, 3.8) is 0 Å². The third-order valence-electron chi connectivity index (χ3n) is 5.68. The highest BCUT2D eigenvalue weighted by molar-refractivity contribution is 5.94. The highest BCUT2D eigenvalue weighted by Crippen LogP contribution is 2.35. The largest absolute Gasteiger partial charge is 0.349 e. The number of nitrogens with one attached hydrogen (secondary N) is 1. The van der Waals surface area contributed by atoms with Gasteiger partial charge in [-0.15, -0.1) is 0 Å². The zero-order chi connectivity index (χ0) is 17.9. The van der Waals surface area contributed by atoms with E-state index >= 15 is 0 Å². The molecule has 2 atom stereocenters. The van der Waals surface area contributed by atoms with E-state index < -0.39 is 0 Å². The molecule has 26 heavy (non-hydrogen) atoms. The van der Waals surface area contributed by atoms with Crippen LogP contribution in [0.4, 0.5) is 4.39 Å². The molecule has 1 aromatic heterocycles. The number of pyridine rings is 1. The minimum Gasteiger partial charge on any atom is -0.349 e. The van der Waals surface area contributed by atoms with Gasteiger partial charge in [0.1, 0.15) is 5.82 Å². The number of fused-ring (bicyclic) bond motifs is 2. The molecule has 2 aliphatic rings. The average molecular weight is 353 g/mol. The number of hydrogen-bond acceptors (Lipinski definition) is 3. The van der Waals surface area contributed by atoms with Crippen molar-refractivity contribution in [3.8, 4) is 0 Å². The number of carbonyl (C=O) groups excluding carboxylic acids is 1. The van der Waals surface area contributed by atoms with Crippen molar-refractivity contribution < 1.29 is 9.18 Å². The first-order chi connectivity index (χ1) is 12.7. The number of rotatable bonds is 4. The first kappa shape index (κ1) is 17.2. The van der Waals surface area contributed by atoms with Crippen molar-refractivity contribution in [2.75, 3.05) is 0 Å². The van der Waals surface area contributed by atoms with Crippen LogP contribution in [0.15, 0.2) is 48.8 Å². The van der Waals surface area contributed by atoms with Gasteiger partial charge in [-0.1, -0.05) is 18.6 Å². The van der Waals surface area contributed by atoms with Gasteiger partial charge in [-0.25, -0.2) is 4.39 Å². The lowest BCUT2D eigenvalue weighted by Crippen LogP contribution is -2.56. The van der Waals surface area contributed by atoms with Crippen molar-refractivity contribution in [2.45, 2.75) is 56.8 Å². The molecule has 3 heterocycles. The van der Waals surface area contributed by atoms with Crippen LogP contribution in [0, 0.1) is 5.82 Å². The minimum atomic E-state index is -0.188. The van der Waals surface area contributed by atoms with Crippen LogP contribution in [0.1, 0.15) is 48.0 Å². The van der Waals surface area contributed by atoms with Gasteiger partial charge >= 0.3 is 0 Å². The molecule has 2 saturated heterocycles. The second-order valence-corrected chi connectivity index (χ2v) is 7.42. The molecule has 1 amide bonds.